The predicted molar refractivity (Wildman–Crippen MR) is 41.7 cm³/mol. The zero-order chi connectivity index (χ0) is 12.0. The molecule has 1 heteroatoms. The Morgan fingerprint density at radius 2 is 2.10 bits per heavy atom. The topological polar surface area (TPSA) is 12.9 Å². The zero-order valence-electron chi connectivity index (χ0n) is 11.0. The lowest BCUT2D eigenvalue weighted by Gasteiger charge is -1.91. The van der Waals surface area contributed by atoms with E-state index < -0.39 is 0 Å². The Hall–Kier alpha value is -1.37. The number of benzene rings is 1. The summed E-state index contributed by atoms with van der Waals surface area (Å²) in [5, 5.41) is 0.0574. The van der Waals surface area contributed by atoms with Gasteiger partial charge in [0.25, 0.3) is 0 Å². The Bertz CT molecular complexity index is 546. The van der Waals surface area contributed by atoms with Gasteiger partial charge in [-0.25, -0.2) is 0 Å². The van der Waals surface area contributed by atoms with Crippen molar-refractivity contribution in [1.29, 1.82) is 0 Å². The fraction of sp³-hybridized carbons (Fsp3) is 0. The third kappa shape index (κ3) is 0.760. The maximum atomic E-state index is 7.62. The first-order valence-corrected chi connectivity index (χ1v) is 2.77. The molecular formula is C9H7N. The molecular weight excluding hydrogens is 122 g/mol. The fourth-order valence-corrected chi connectivity index (χ4v) is 0.701. The van der Waals surface area contributed by atoms with Crippen molar-refractivity contribution in [1.82, 2.24) is 4.98 Å². The Labute approximate surface area is 67.8 Å². The molecule has 0 saturated carbocycles. The molecule has 0 saturated heterocycles. The van der Waals surface area contributed by atoms with E-state index in [0.29, 0.717) is 0 Å². The van der Waals surface area contributed by atoms with Crippen molar-refractivity contribution in [2.45, 2.75) is 0 Å². The van der Waals surface area contributed by atoms with Crippen molar-refractivity contribution in [3.8, 4) is 0 Å². The van der Waals surface area contributed by atoms with Crippen molar-refractivity contribution in [2.24, 2.45) is 0 Å². The van der Waals surface area contributed by atoms with Crippen LogP contribution in [-0.4, -0.2) is 4.98 Å². The number of hydrogen-bond donors (Lipinski definition) is 0. The van der Waals surface area contributed by atoms with Gasteiger partial charge in [-0.15, -0.1) is 0 Å². The van der Waals surface area contributed by atoms with Crippen molar-refractivity contribution < 1.29 is 8.22 Å². The van der Waals surface area contributed by atoms with Crippen LogP contribution in [0, 0.1) is 0 Å². The lowest BCUT2D eigenvalue weighted by atomic mass is 10.2. The molecule has 10 heavy (non-hydrogen) atoms. The zero-order valence-corrected chi connectivity index (χ0v) is 5.02. The molecule has 48 valence electrons. The molecule has 2 aromatic rings. The standard InChI is InChI=1S/C9H7N/c1-2-6-9-8(4-1)5-3-7-10-9/h1-7H/i1D,2D,3D,4D,5D,7D. The molecule has 1 aromatic heterocycles. The summed E-state index contributed by atoms with van der Waals surface area (Å²) in [5.41, 5.74) is 0.150. The summed E-state index contributed by atoms with van der Waals surface area (Å²) >= 11 is 0. The highest BCUT2D eigenvalue weighted by molar-refractivity contribution is 5.77. The number of aromatic nitrogens is 1. The van der Waals surface area contributed by atoms with Crippen LogP contribution in [0.5, 0.6) is 0 Å². The molecule has 0 bridgehead atoms. The van der Waals surface area contributed by atoms with Crippen LogP contribution in [0.25, 0.3) is 10.9 Å². The second-order valence-electron chi connectivity index (χ2n) is 1.77. The molecule has 0 atom stereocenters. The van der Waals surface area contributed by atoms with Gasteiger partial charge in [0, 0.05) is 11.6 Å². The average Bonchev–Trinajstić information content (AvgIpc) is 2.23. The Balaban J connectivity index is 3.03. The normalized spacial score (nSPS) is 18.4. The van der Waals surface area contributed by atoms with Crippen LogP contribution >= 0.6 is 0 Å². The number of pyridine rings is 1. The van der Waals surface area contributed by atoms with E-state index in [9.17, 15) is 0 Å². The van der Waals surface area contributed by atoms with Gasteiger partial charge in [0.15, 0.2) is 0 Å². The van der Waals surface area contributed by atoms with Gasteiger partial charge in [-0.05, 0) is 12.1 Å². The van der Waals surface area contributed by atoms with Gasteiger partial charge >= 0.3 is 0 Å². The van der Waals surface area contributed by atoms with E-state index in [-0.39, 0.29) is 47.3 Å². The average molecular weight is 135 g/mol. The van der Waals surface area contributed by atoms with E-state index in [2.05, 4.69) is 4.98 Å². The highest BCUT2D eigenvalue weighted by atomic mass is 14.6. The molecule has 1 aromatic carbocycles. The monoisotopic (exact) mass is 135 g/mol. The van der Waals surface area contributed by atoms with Gasteiger partial charge < -0.3 is 0 Å². The van der Waals surface area contributed by atoms with E-state index in [4.69, 9.17) is 8.22 Å². The number of hydrogen-bond acceptors (Lipinski definition) is 1. The minimum Gasteiger partial charge on any atom is -0.256 e. The van der Waals surface area contributed by atoms with Crippen LogP contribution in [-0.2, 0) is 0 Å². The summed E-state index contributed by atoms with van der Waals surface area (Å²) in [6.07, 6.45) is -0.353. The molecule has 0 aliphatic heterocycles. The molecule has 0 radical (unpaired) electrons. The largest absolute Gasteiger partial charge is 0.256 e. The fourth-order valence-electron chi connectivity index (χ4n) is 0.701. The summed E-state index contributed by atoms with van der Waals surface area (Å²) in [6.45, 7) is 0. The number of nitrogens with zero attached hydrogens (tertiary/aromatic N) is 1. The Morgan fingerprint density at radius 1 is 1.20 bits per heavy atom. The maximum absolute atomic E-state index is 7.62. The van der Waals surface area contributed by atoms with Gasteiger partial charge in [0.2, 0.25) is 0 Å². The second-order valence-corrected chi connectivity index (χ2v) is 1.77. The van der Waals surface area contributed by atoms with E-state index in [1.165, 1.54) is 6.07 Å². The first-order chi connectivity index (χ1) is 7.43. The van der Waals surface area contributed by atoms with E-state index in [0.717, 1.165) is 0 Å². The predicted octanol–water partition coefficient (Wildman–Crippen LogP) is 2.23. The quantitative estimate of drug-likeness (QED) is 0.539. The highest BCUT2D eigenvalue weighted by Crippen LogP contribution is 2.07. The molecule has 1 nitrogen and oxygen atoms in total. The molecule has 0 aliphatic carbocycles. The Morgan fingerprint density at radius 3 is 3.10 bits per heavy atom. The van der Waals surface area contributed by atoms with Crippen LogP contribution in [0.3, 0.4) is 0 Å². The van der Waals surface area contributed by atoms with Gasteiger partial charge in [-0.2, -0.15) is 0 Å². The van der Waals surface area contributed by atoms with Crippen molar-refractivity contribution in [3.63, 3.8) is 0 Å². The van der Waals surface area contributed by atoms with Crippen LogP contribution in [0.15, 0.2) is 42.5 Å². The lowest BCUT2D eigenvalue weighted by Crippen LogP contribution is -1.73. The molecule has 0 unspecified atom stereocenters. The summed E-state index contributed by atoms with van der Waals surface area (Å²) in [5.74, 6) is 0. The smallest absolute Gasteiger partial charge is 0.0840 e. The van der Waals surface area contributed by atoms with E-state index in [1.807, 2.05) is 0 Å². The molecule has 0 N–H and O–H groups in total. The van der Waals surface area contributed by atoms with Crippen LogP contribution in [0.1, 0.15) is 8.22 Å². The molecule has 0 fully saturated rings. The molecule has 1 heterocycles. The number of fused-ring (bicyclic) bond motifs is 1. The SMILES string of the molecule is [2H]c1cc2nc([2H])c([2H])c([2H])c2c([2H])c1[2H]. The second kappa shape index (κ2) is 2.10. The summed E-state index contributed by atoms with van der Waals surface area (Å²) < 4.78 is 44.9. The summed E-state index contributed by atoms with van der Waals surface area (Å²) in [7, 11) is 0. The van der Waals surface area contributed by atoms with Crippen LogP contribution < -0.4 is 0 Å². The third-order valence-electron chi connectivity index (χ3n) is 1.14. The first-order valence-electron chi connectivity index (χ1n) is 5.77. The van der Waals surface area contributed by atoms with Gasteiger partial charge in [-0.1, -0.05) is 24.2 Å². The third-order valence-corrected chi connectivity index (χ3v) is 1.14. The van der Waals surface area contributed by atoms with Gasteiger partial charge in [-0.3, -0.25) is 4.98 Å². The van der Waals surface area contributed by atoms with Crippen molar-refractivity contribution in [3.05, 3.63) is 42.5 Å². The minimum atomic E-state index is -0.363. The van der Waals surface area contributed by atoms with Gasteiger partial charge in [0.05, 0.1) is 13.7 Å². The summed E-state index contributed by atoms with van der Waals surface area (Å²) in [4.78, 5) is 3.73. The van der Waals surface area contributed by atoms with E-state index in [1.54, 1.807) is 0 Å². The molecule has 0 spiro atoms. The maximum Gasteiger partial charge on any atom is 0.0840 e. The van der Waals surface area contributed by atoms with Crippen molar-refractivity contribution in [2.75, 3.05) is 0 Å². The van der Waals surface area contributed by atoms with E-state index >= 15 is 0 Å². The number of rotatable bonds is 0. The minimum absolute atomic E-state index is 0.0574. The van der Waals surface area contributed by atoms with Crippen LogP contribution in [0.4, 0.5) is 0 Å². The molecule has 0 aliphatic rings. The molecule has 0 amide bonds. The van der Waals surface area contributed by atoms with Crippen LogP contribution in [0.2, 0.25) is 0 Å². The van der Waals surface area contributed by atoms with Gasteiger partial charge in [0.1, 0.15) is 0 Å². The summed E-state index contributed by atoms with van der Waals surface area (Å²) in [6, 6.07) is -0.146. The lowest BCUT2D eigenvalue weighted by molar-refractivity contribution is 1.41. The molecule has 2 rings (SSSR count). The number of para-hydroxylation sites is 1. The Kier molecular flexibility index (Phi) is 0.432. The van der Waals surface area contributed by atoms with Crippen molar-refractivity contribution >= 4 is 10.9 Å². The first kappa shape index (κ1) is 2.06. The highest BCUT2D eigenvalue weighted by Gasteiger charge is 1.86.